The van der Waals surface area contributed by atoms with Crippen LogP contribution in [0, 0.1) is 0 Å². The van der Waals surface area contributed by atoms with Crippen LogP contribution >= 0.6 is 0 Å². The number of likely N-dealkylation sites (tertiary alicyclic amines) is 1. The molecule has 4 heteroatoms. The number of rotatable bonds is 4. The zero-order valence-corrected chi connectivity index (χ0v) is 13.3. The summed E-state index contributed by atoms with van der Waals surface area (Å²) in [7, 11) is 1.74. The summed E-state index contributed by atoms with van der Waals surface area (Å²) >= 11 is 0. The van der Waals surface area contributed by atoms with Gasteiger partial charge < -0.3 is 10.6 Å². The first-order valence-corrected chi connectivity index (χ1v) is 8.35. The third-order valence-electron chi connectivity index (χ3n) is 4.88. The van der Waals surface area contributed by atoms with Gasteiger partial charge in [-0.05, 0) is 33.1 Å². The van der Waals surface area contributed by atoms with Crippen molar-refractivity contribution in [3.05, 3.63) is 0 Å². The zero-order valence-electron chi connectivity index (χ0n) is 13.3. The van der Waals surface area contributed by atoms with Crippen molar-refractivity contribution in [3.63, 3.8) is 0 Å². The predicted molar refractivity (Wildman–Crippen MR) is 82.7 cm³/mol. The van der Waals surface area contributed by atoms with Crippen molar-refractivity contribution in [2.24, 2.45) is 0 Å². The third kappa shape index (κ3) is 3.95. The first kappa shape index (κ1) is 15.8. The smallest absolute Gasteiger partial charge is 0.237 e. The van der Waals surface area contributed by atoms with Crippen LogP contribution in [0.25, 0.3) is 0 Å². The van der Waals surface area contributed by atoms with E-state index in [2.05, 4.69) is 29.4 Å². The molecule has 20 heavy (non-hydrogen) atoms. The molecule has 2 rings (SSSR count). The Morgan fingerprint density at radius 3 is 2.30 bits per heavy atom. The fourth-order valence-electron chi connectivity index (χ4n) is 3.76. The van der Waals surface area contributed by atoms with Gasteiger partial charge in [-0.3, -0.25) is 9.69 Å². The van der Waals surface area contributed by atoms with Crippen molar-refractivity contribution in [2.45, 2.75) is 83.0 Å². The van der Waals surface area contributed by atoms with Gasteiger partial charge in [0, 0.05) is 31.7 Å². The summed E-state index contributed by atoms with van der Waals surface area (Å²) in [6, 6.07) is 1.62. The summed E-state index contributed by atoms with van der Waals surface area (Å²) in [6.45, 7) is 5.38. The molecule has 0 unspecified atom stereocenters. The van der Waals surface area contributed by atoms with E-state index in [1.807, 2.05) is 0 Å². The maximum absolute atomic E-state index is 12.0. The molecule has 2 N–H and O–H groups in total. The van der Waals surface area contributed by atoms with Crippen molar-refractivity contribution < 1.29 is 4.79 Å². The Bertz CT molecular complexity index is 311. The molecule has 1 amide bonds. The van der Waals surface area contributed by atoms with Gasteiger partial charge in [0.05, 0.1) is 6.04 Å². The lowest BCUT2D eigenvalue weighted by Crippen LogP contribution is -2.45. The second-order valence-corrected chi connectivity index (χ2v) is 6.71. The van der Waals surface area contributed by atoms with Crippen molar-refractivity contribution in [3.8, 4) is 0 Å². The molecule has 0 aromatic heterocycles. The molecule has 1 aliphatic carbocycles. The average Bonchev–Trinajstić information content (AvgIpc) is 2.68. The minimum absolute atomic E-state index is 0.0447. The summed E-state index contributed by atoms with van der Waals surface area (Å²) in [5.74, 6) is 0.170. The Hall–Kier alpha value is -0.610. The number of nitrogens with one attached hydrogen (secondary N) is 2. The predicted octanol–water partition coefficient (Wildman–Crippen LogP) is 1.90. The summed E-state index contributed by atoms with van der Waals surface area (Å²) in [6.07, 6.45) is 9.07. The molecule has 2 fully saturated rings. The minimum atomic E-state index is 0.0447. The lowest BCUT2D eigenvalue weighted by molar-refractivity contribution is -0.125. The van der Waals surface area contributed by atoms with Gasteiger partial charge in [0.15, 0.2) is 0 Å². The number of hydrogen-bond acceptors (Lipinski definition) is 3. The zero-order chi connectivity index (χ0) is 14.5. The van der Waals surface area contributed by atoms with E-state index in [9.17, 15) is 4.79 Å². The molecule has 2 aliphatic rings. The first-order valence-electron chi connectivity index (χ1n) is 8.35. The van der Waals surface area contributed by atoms with E-state index in [0.29, 0.717) is 18.1 Å². The Balaban J connectivity index is 1.91. The highest BCUT2D eigenvalue weighted by atomic mass is 16.2. The monoisotopic (exact) mass is 281 g/mol. The lowest BCUT2D eigenvalue weighted by Gasteiger charge is -2.27. The molecule has 1 saturated carbocycles. The Morgan fingerprint density at radius 1 is 1.10 bits per heavy atom. The van der Waals surface area contributed by atoms with Crippen LogP contribution < -0.4 is 10.6 Å². The van der Waals surface area contributed by atoms with E-state index in [0.717, 1.165) is 13.0 Å². The van der Waals surface area contributed by atoms with Gasteiger partial charge in [-0.15, -0.1) is 0 Å². The molecule has 1 aliphatic heterocycles. The molecule has 0 aromatic carbocycles. The maximum Gasteiger partial charge on any atom is 0.237 e. The van der Waals surface area contributed by atoms with Crippen molar-refractivity contribution >= 4 is 5.91 Å². The Morgan fingerprint density at radius 2 is 1.75 bits per heavy atom. The SMILES string of the molecule is CNC(=O)[C@@H]1C[C@@H](NC2CCCCCC2)CN1C(C)C. The second kappa shape index (κ2) is 7.41. The molecule has 2 atom stereocenters. The van der Waals surface area contributed by atoms with Crippen LogP contribution in [0.2, 0.25) is 0 Å². The van der Waals surface area contributed by atoms with Crippen LogP contribution in [0.4, 0.5) is 0 Å². The van der Waals surface area contributed by atoms with Gasteiger partial charge in [-0.1, -0.05) is 25.7 Å². The number of carbonyl (C=O) groups is 1. The number of hydrogen-bond donors (Lipinski definition) is 2. The summed E-state index contributed by atoms with van der Waals surface area (Å²) in [5.41, 5.74) is 0. The van der Waals surface area contributed by atoms with Crippen molar-refractivity contribution in [1.82, 2.24) is 15.5 Å². The number of carbonyl (C=O) groups excluding carboxylic acids is 1. The van der Waals surface area contributed by atoms with Gasteiger partial charge in [0.2, 0.25) is 5.91 Å². The molecule has 116 valence electrons. The second-order valence-electron chi connectivity index (χ2n) is 6.71. The molecule has 1 saturated heterocycles. The van der Waals surface area contributed by atoms with Crippen LogP contribution in [0.15, 0.2) is 0 Å². The van der Waals surface area contributed by atoms with Gasteiger partial charge in [0.1, 0.15) is 0 Å². The quantitative estimate of drug-likeness (QED) is 0.774. The largest absolute Gasteiger partial charge is 0.358 e. The molecule has 0 spiro atoms. The van der Waals surface area contributed by atoms with Crippen LogP contribution in [-0.2, 0) is 4.79 Å². The van der Waals surface area contributed by atoms with Crippen LogP contribution in [-0.4, -0.2) is 48.6 Å². The third-order valence-corrected chi connectivity index (χ3v) is 4.88. The molecule has 1 heterocycles. The van der Waals surface area contributed by atoms with Gasteiger partial charge in [0.25, 0.3) is 0 Å². The van der Waals surface area contributed by atoms with E-state index in [1.165, 1.54) is 38.5 Å². The lowest BCUT2D eigenvalue weighted by atomic mass is 10.1. The van der Waals surface area contributed by atoms with Crippen LogP contribution in [0.3, 0.4) is 0 Å². The number of nitrogens with zero attached hydrogens (tertiary/aromatic N) is 1. The molecule has 4 nitrogen and oxygen atoms in total. The van der Waals surface area contributed by atoms with E-state index in [1.54, 1.807) is 7.05 Å². The van der Waals surface area contributed by atoms with Crippen LogP contribution in [0.5, 0.6) is 0 Å². The summed E-state index contributed by atoms with van der Waals surface area (Å²) < 4.78 is 0. The highest BCUT2D eigenvalue weighted by Gasteiger charge is 2.38. The standard InChI is InChI=1S/C16H31N3O/c1-12(2)19-11-14(10-15(19)16(20)17-3)18-13-8-6-4-5-7-9-13/h12-15,18H,4-11H2,1-3H3,(H,17,20)/t14-,15+/m1/s1. The topological polar surface area (TPSA) is 44.4 Å². The van der Waals surface area contributed by atoms with Crippen LogP contribution in [0.1, 0.15) is 58.8 Å². The van der Waals surface area contributed by atoms with Gasteiger partial charge >= 0.3 is 0 Å². The molecule has 0 bridgehead atoms. The van der Waals surface area contributed by atoms with E-state index < -0.39 is 0 Å². The van der Waals surface area contributed by atoms with E-state index >= 15 is 0 Å². The molecule has 0 aromatic rings. The number of likely N-dealkylation sites (N-methyl/N-ethyl adjacent to an activating group) is 1. The molecular weight excluding hydrogens is 250 g/mol. The summed E-state index contributed by atoms with van der Waals surface area (Å²) in [4.78, 5) is 14.4. The van der Waals surface area contributed by atoms with E-state index in [4.69, 9.17) is 0 Å². The van der Waals surface area contributed by atoms with Gasteiger partial charge in [-0.25, -0.2) is 0 Å². The molecular formula is C16H31N3O. The number of amides is 1. The normalized spacial score (nSPS) is 29.6. The minimum Gasteiger partial charge on any atom is -0.358 e. The first-order chi connectivity index (χ1) is 9.61. The maximum atomic E-state index is 12.0. The Labute approximate surface area is 123 Å². The highest BCUT2D eigenvalue weighted by Crippen LogP contribution is 2.24. The van der Waals surface area contributed by atoms with Crippen molar-refractivity contribution in [1.29, 1.82) is 0 Å². The summed E-state index contributed by atoms with van der Waals surface area (Å²) in [5, 5.41) is 6.65. The van der Waals surface area contributed by atoms with Crippen molar-refractivity contribution in [2.75, 3.05) is 13.6 Å². The van der Waals surface area contributed by atoms with E-state index in [-0.39, 0.29) is 11.9 Å². The highest BCUT2D eigenvalue weighted by molar-refractivity contribution is 5.81. The Kier molecular flexibility index (Phi) is 5.85. The molecule has 0 radical (unpaired) electrons. The fourth-order valence-corrected chi connectivity index (χ4v) is 3.76. The average molecular weight is 281 g/mol. The fraction of sp³-hybridized carbons (Fsp3) is 0.938. The van der Waals surface area contributed by atoms with Gasteiger partial charge in [-0.2, -0.15) is 0 Å².